The molecule has 2 rings (SSSR count). The van der Waals surface area contributed by atoms with E-state index in [2.05, 4.69) is 9.80 Å². The van der Waals surface area contributed by atoms with Crippen LogP contribution >= 0.6 is 0 Å². The third-order valence-corrected chi connectivity index (χ3v) is 4.13. The molecule has 0 aromatic heterocycles. The summed E-state index contributed by atoms with van der Waals surface area (Å²) in [6, 6.07) is 0.614. The summed E-state index contributed by atoms with van der Waals surface area (Å²) in [5.74, 6) is 0. The van der Waals surface area contributed by atoms with Gasteiger partial charge in [-0.3, -0.25) is 9.80 Å². The van der Waals surface area contributed by atoms with E-state index in [4.69, 9.17) is 10.5 Å². The molecule has 0 aromatic carbocycles. The Kier molecular flexibility index (Phi) is 4.76. The molecule has 0 aromatic rings. The van der Waals surface area contributed by atoms with Crippen LogP contribution in [0.5, 0.6) is 0 Å². The van der Waals surface area contributed by atoms with Crippen molar-refractivity contribution in [1.82, 2.24) is 9.80 Å². The van der Waals surface area contributed by atoms with Crippen molar-refractivity contribution in [2.45, 2.75) is 31.0 Å². The molecule has 0 aliphatic carbocycles. The Hall–Kier alpha value is -0.200. The summed E-state index contributed by atoms with van der Waals surface area (Å²) in [5, 5.41) is 9.52. The van der Waals surface area contributed by atoms with Crippen LogP contribution in [0.2, 0.25) is 0 Å². The Balaban J connectivity index is 1.91. The molecule has 0 radical (unpaired) electrons. The number of aliphatic hydroxyl groups excluding tert-OH is 1. The highest BCUT2D eigenvalue weighted by molar-refractivity contribution is 4.92. The van der Waals surface area contributed by atoms with E-state index in [1.165, 1.54) is 19.4 Å². The Bertz CT molecular complexity index is 240. The lowest BCUT2D eigenvalue weighted by atomic mass is 10.1. The fourth-order valence-electron chi connectivity index (χ4n) is 3.14. The molecule has 3 atom stereocenters. The number of fused-ring (bicyclic) bond motifs is 1. The highest BCUT2D eigenvalue weighted by Crippen LogP contribution is 2.23. The summed E-state index contributed by atoms with van der Waals surface area (Å²) in [5.41, 5.74) is 6.07. The fraction of sp³-hybridized carbons (Fsp3) is 1.00. The molecular formula is C12H25N3O2. The lowest BCUT2D eigenvalue weighted by molar-refractivity contribution is 0.0221. The lowest BCUT2D eigenvalue weighted by Gasteiger charge is -2.42. The number of rotatable bonds is 5. The van der Waals surface area contributed by atoms with Crippen LogP contribution in [0.15, 0.2) is 0 Å². The first-order valence-electron chi connectivity index (χ1n) is 6.59. The quantitative estimate of drug-likeness (QED) is 0.655. The molecule has 5 heteroatoms. The van der Waals surface area contributed by atoms with E-state index in [-0.39, 0.29) is 18.7 Å². The Morgan fingerprint density at radius 2 is 2.24 bits per heavy atom. The van der Waals surface area contributed by atoms with Crippen LogP contribution in [0, 0.1) is 0 Å². The van der Waals surface area contributed by atoms with Gasteiger partial charge in [0.2, 0.25) is 0 Å². The van der Waals surface area contributed by atoms with Gasteiger partial charge in [0.15, 0.2) is 0 Å². The minimum atomic E-state index is -0.0991. The highest BCUT2D eigenvalue weighted by Gasteiger charge is 2.34. The smallest absolute Gasteiger partial charge is 0.0629 e. The van der Waals surface area contributed by atoms with Gasteiger partial charge in [0.1, 0.15) is 0 Å². The minimum Gasteiger partial charge on any atom is -0.395 e. The predicted molar refractivity (Wildman–Crippen MR) is 66.9 cm³/mol. The highest BCUT2D eigenvalue weighted by atomic mass is 16.5. The number of aliphatic hydroxyl groups is 1. The zero-order valence-electron chi connectivity index (χ0n) is 10.7. The molecule has 2 aliphatic heterocycles. The molecule has 2 fully saturated rings. The van der Waals surface area contributed by atoms with Gasteiger partial charge in [0.05, 0.1) is 19.3 Å². The number of piperazine rings is 1. The normalized spacial score (nSPS) is 30.2. The van der Waals surface area contributed by atoms with Crippen LogP contribution in [0.4, 0.5) is 0 Å². The topological polar surface area (TPSA) is 62.0 Å². The Morgan fingerprint density at radius 1 is 1.41 bits per heavy atom. The maximum Gasteiger partial charge on any atom is 0.0629 e. The molecule has 3 unspecified atom stereocenters. The van der Waals surface area contributed by atoms with Gasteiger partial charge in [0, 0.05) is 38.8 Å². The van der Waals surface area contributed by atoms with Gasteiger partial charge in [-0.15, -0.1) is 0 Å². The monoisotopic (exact) mass is 243 g/mol. The van der Waals surface area contributed by atoms with Crippen LogP contribution in [-0.2, 0) is 4.74 Å². The summed E-state index contributed by atoms with van der Waals surface area (Å²) >= 11 is 0. The summed E-state index contributed by atoms with van der Waals surface area (Å²) in [7, 11) is 1.66. The van der Waals surface area contributed by atoms with Gasteiger partial charge in [-0.1, -0.05) is 0 Å². The molecule has 0 spiro atoms. The number of hydrogen-bond acceptors (Lipinski definition) is 5. The predicted octanol–water partition coefficient (Wildman–Crippen LogP) is -0.899. The molecular weight excluding hydrogens is 218 g/mol. The summed E-state index contributed by atoms with van der Waals surface area (Å²) in [4.78, 5) is 4.91. The van der Waals surface area contributed by atoms with E-state index < -0.39 is 0 Å². The molecule has 17 heavy (non-hydrogen) atoms. The maximum absolute atomic E-state index is 9.52. The Morgan fingerprint density at radius 3 is 2.94 bits per heavy atom. The van der Waals surface area contributed by atoms with Crippen LogP contribution in [0.25, 0.3) is 0 Å². The van der Waals surface area contributed by atoms with Gasteiger partial charge in [-0.25, -0.2) is 0 Å². The SMILES string of the molecule is COCC(N)C(CO)N1CCN2CCCC2C1. The van der Waals surface area contributed by atoms with Crippen LogP contribution in [-0.4, -0.2) is 79.5 Å². The van der Waals surface area contributed by atoms with Crippen molar-refractivity contribution in [3.8, 4) is 0 Å². The average molecular weight is 243 g/mol. The zero-order chi connectivity index (χ0) is 12.3. The second-order valence-corrected chi connectivity index (χ2v) is 5.20. The molecule has 3 N–H and O–H groups in total. The van der Waals surface area contributed by atoms with Crippen molar-refractivity contribution in [3.05, 3.63) is 0 Å². The van der Waals surface area contributed by atoms with Crippen molar-refractivity contribution in [1.29, 1.82) is 0 Å². The van der Waals surface area contributed by atoms with Gasteiger partial charge in [-0.2, -0.15) is 0 Å². The van der Waals surface area contributed by atoms with Crippen molar-refractivity contribution in [2.75, 3.05) is 46.5 Å². The van der Waals surface area contributed by atoms with E-state index in [9.17, 15) is 5.11 Å². The van der Waals surface area contributed by atoms with E-state index in [1.54, 1.807) is 7.11 Å². The number of hydrogen-bond donors (Lipinski definition) is 2. The molecule has 2 aliphatic rings. The number of nitrogens with two attached hydrogens (primary N) is 1. The molecule has 2 heterocycles. The van der Waals surface area contributed by atoms with E-state index in [1.807, 2.05) is 0 Å². The van der Waals surface area contributed by atoms with Crippen molar-refractivity contribution < 1.29 is 9.84 Å². The third-order valence-electron chi connectivity index (χ3n) is 4.13. The van der Waals surface area contributed by atoms with Crippen LogP contribution < -0.4 is 5.73 Å². The molecule has 5 nitrogen and oxygen atoms in total. The zero-order valence-corrected chi connectivity index (χ0v) is 10.7. The first kappa shape index (κ1) is 13.2. The first-order valence-corrected chi connectivity index (χ1v) is 6.59. The van der Waals surface area contributed by atoms with Gasteiger partial charge >= 0.3 is 0 Å². The van der Waals surface area contributed by atoms with E-state index in [0.717, 1.165) is 19.6 Å². The van der Waals surface area contributed by atoms with Crippen molar-refractivity contribution in [2.24, 2.45) is 5.73 Å². The molecule has 2 saturated heterocycles. The molecule has 100 valence electrons. The lowest BCUT2D eigenvalue weighted by Crippen LogP contribution is -2.59. The number of methoxy groups -OCH3 is 1. The minimum absolute atomic E-state index is 0.0395. The molecule has 0 bridgehead atoms. The van der Waals surface area contributed by atoms with Gasteiger partial charge in [0.25, 0.3) is 0 Å². The van der Waals surface area contributed by atoms with Crippen LogP contribution in [0.3, 0.4) is 0 Å². The summed E-state index contributed by atoms with van der Waals surface area (Å²) < 4.78 is 5.09. The van der Waals surface area contributed by atoms with Gasteiger partial charge in [-0.05, 0) is 19.4 Å². The number of ether oxygens (including phenoxy) is 1. The van der Waals surface area contributed by atoms with E-state index >= 15 is 0 Å². The second-order valence-electron chi connectivity index (χ2n) is 5.20. The van der Waals surface area contributed by atoms with Gasteiger partial charge < -0.3 is 15.6 Å². The summed E-state index contributed by atoms with van der Waals surface area (Å²) in [6.45, 7) is 5.04. The van der Waals surface area contributed by atoms with Crippen LogP contribution in [0.1, 0.15) is 12.8 Å². The maximum atomic E-state index is 9.52. The average Bonchev–Trinajstić information content (AvgIpc) is 2.77. The molecule has 0 saturated carbocycles. The summed E-state index contributed by atoms with van der Waals surface area (Å²) in [6.07, 6.45) is 2.60. The first-order chi connectivity index (χ1) is 8.26. The largest absolute Gasteiger partial charge is 0.395 e. The fourth-order valence-corrected chi connectivity index (χ4v) is 3.14. The second kappa shape index (κ2) is 6.11. The standard InChI is InChI=1S/C12H25N3O2/c1-17-9-11(13)12(8-16)15-6-5-14-4-2-3-10(14)7-15/h10-12,16H,2-9,13H2,1H3. The number of nitrogens with zero attached hydrogens (tertiary/aromatic N) is 2. The van der Waals surface area contributed by atoms with E-state index in [0.29, 0.717) is 12.6 Å². The molecule has 0 amide bonds. The van der Waals surface area contributed by atoms with Crippen molar-refractivity contribution in [3.63, 3.8) is 0 Å². The van der Waals surface area contributed by atoms with Crippen molar-refractivity contribution >= 4 is 0 Å². The third kappa shape index (κ3) is 2.98. The Labute approximate surface area is 104 Å².